The average Bonchev–Trinajstić information content (AvgIpc) is 3.22. The molecule has 1 N–H and O–H groups in total. The zero-order valence-corrected chi connectivity index (χ0v) is 14.2. The Bertz CT molecular complexity index is 706. The molecular weight excluding hydrogens is 312 g/mol. The van der Waals surface area contributed by atoms with Crippen molar-refractivity contribution < 1.29 is 4.79 Å². The maximum atomic E-state index is 12.8. The molecule has 0 aliphatic carbocycles. The molecule has 1 aromatic carbocycles. The van der Waals surface area contributed by atoms with Gasteiger partial charge in [-0.3, -0.25) is 4.79 Å². The van der Waals surface area contributed by atoms with Gasteiger partial charge >= 0.3 is 0 Å². The number of carbonyl (C=O) groups excluding carboxylic acids is 1. The molecule has 6 heteroatoms. The summed E-state index contributed by atoms with van der Waals surface area (Å²) in [4.78, 5) is 14.7. The number of benzene rings is 1. The molecule has 1 aliphatic rings. The van der Waals surface area contributed by atoms with E-state index in [2.05, 4.69) is 10.4 Å². The lowest BCUT2D eigenvalue weighted by molar-refractivity contribution is 0.0742. The third-order valence-electron chi connectivity index (χ3n) is 4.39. The summed E-state index contributed by atoms with van der Waals surface area (Å²) in [5.74, 6) is 0.0313. The third kappa shape index (κ3) is 3.12. The second-order valence-corrected chi connectivity index (χ2v) is 6.25. The molecule has 2 heterocycles. The van der Waals surface area contributed by atoms with Crippen molar-refractivity contribution in [3.05, 3.63) is 46.7 Å². The van der Waals surface area contributed by atoms with Gasteiger partial charge in [0, 0.05) is 24.7 Å². The molecule has 1 aliphatic heterocycles. The van der Waals surface area contributed by atoms with Crippen LogP contribution in [0.4, 0.5) is 0 Å². The van der Waals surface area contributed by atoms with E-state index < -0.39 is 0 Å². The summed E-state index contributed by atoms with van der Waals surface area (Å²) in [6.07, 6.45) is 3.39. The van der Waals surface area contributed by atoms with Gasteiger partial charge in [-0.15, -0.1) is 0 Å². The second-order valence-electron chi connectivity index (χ2n) is 5.81. The molecule has 0 radical (unpaired) electrons. The molecule has 0 saturated carbocycles. The number of hydrogen-bond donors (Lipinski definition) is 1. The molecule has 1 amide bonds. The number of aromatic nitrogens is 2. The van der Waals surface area contributed by atoms with Crippen molar-refractivity contribution in [2.24, 2.45) is 0 Å². The Hall–Kier alpha value is -1.85. The molecule has 23 heavy (non-hydrogen) atoms. The van der Waals surface area contributed by atoms with E-state index in [1.54, 1.807) is 10.9 Å². The van der Waals surface area contributed by atoms with Crippen LogP contribution in [-0.2, 0) is 6.42 Å². The van der Waals surface area contributed by atoms with Crippen LogP contribution in [0, 0.1) is 0 Å². The van der Waals surface area contributed by atoms with E-state index in [4.69, 9.17) is 11.6 Å². The van der Waals surface area contributed by atoms with Gasteiger partial charge in [0.15, 0.2) is 0 Å². The minimum atomic E-state index is 0.0313. The fourth-order valence-corrected chi connectivity index (χ4v) is 3.23. The van der Waals surface area contributed by atoms with E-state index in [0.717, 1.165) is 37.3 Å². The fraction of sp³-hybridized carbons (Fsp3) is 0.412. The first-order valence-electron chi connectivity index (χ1n) is 7.92. The Morgan fingerprint density at radius 1 is 1.52 bits per heavy atom. The van der Waals surface area contributed by atoms with Gasteiger partial charge in [0.1, 0.15) is 0 Å². The zero-order valence-electron chi connectivity index (χ0n) is 13.4. The van der Waals surface area contributed by atoms with Crippen LogP contribution >= 0.6 is 11.6 Å². The van der Waals surface area contributed by atoms with Crippen LogP contribution in [0.5, 0.6) is 0 Å². The van der Waals surface area contributed by atoms with Crippen molar-refractivity contribution in [2.45, 2.75) is 25.8 Å². The van der Waals surface area contributed by atoms with Crippen LogP contribution in [-0.4, -0.2) is 46.8 Å². The molecule has 1 aromatic heterocycles. The number of nitrogens with one attached hydrogen (secondary N) is 1. The van der Waals surface area contributed by atoms with E-state index in [9.17, 15) is 4.79 Å². The van der Waals surface area contributed by atoms with Crippen LogP contribution in [0.25, 0.3) is 5.69 Å². The van der Waals surface area contributed by atoms with E-state index in [1.165, 1.54) is 0 Å². The smallest absolute Gasteiger partial charge is 0.257 e. The summed E-state index contributed by atoms with van der Waals surface area (Å²) in [5.41, 5.74) is 2.45. The summed E-state index contributed by atoms with van der Waals surface area (Å²) >= 11 is 6.07. The van der Waals surface area contributed by atoms with Gasteiger partial charge in [0.2, 0.25) is 0 Å². The number of hydrogen-bond acceptors (Lipinski definition) is 3. The van der Waals surface area contributed by atoms with Crippen molar-refractivity contribution >= 4 is 17.5 Å². The first-order chi connectivity index (χ1) is 11.1. The predicted molar refractivity (Wildman–Crippen MR) is 91.3 cm³/mol. The van der Waals surface area contributed by atoms with Crippen LogP contribution in [0.2, 0.25) is 5.02 Å². The first kappa shape index (κ1) is 16.0. The summed E-state index contributed by atoms with van der Waals surface area (Å²) in [5, 5.41) is 8.37. The van der Waals surface area contributed by atoms with Gasteiger partial charge in [-0.05, 0) is 37.6 Å². The number of likely N-dealkylation sites (N-methyl/N-ethyl adjacent to an activating group) is 1. The normalized spacial score (nSPS) is 17.4. The zero-order chi connectivity index (χ0) is 16.4. The summed E-state index contributed by atoms with van der Waals surface area (Å²) in [7, 11) is 1.87. The highest BCUT2D eigenvalue weighted by atomic mass is 35.5. The minimum absolute atomic E-state index is 0.0313. The topological polar surface area (TPSA) is 50.2 Å². The number of rotatable bonds is 4. The first-order valence-corrected chi connectivity index (χ1v) is 8.30. The molecule has 122 valence electrons. The van der Waals surface area contributed by atoms with Crippen LogP contribution in [0.3, 0.4) is 0 Å². The Morgan fingerprint density at radius 3 is 3.00 bits per heavy atom. The van der Waals surface area contributed by atoms with Crippen molar-refractivity contribution in [3.63, 3.8) is 0 Å². The molecule has 1 saturated heterocycles. The number of halogens is 1. The molecular formula is C17H21ClN4O. The minimum Gasteiger partial charge on any atom is -0.337 e. The SMILES string of the molecule is CCc1c(C(=O)N(C)C2CCNC2)cnn1-c1cccc(Cl)c1. The highest BCUT2D eigenvalue weighted by Crippen LogP contribution is 2.21. The van der Waals surface area contributed by atoms with E-state index in [0.29, 0.717) is 10.6 Å². The Balaban J connectivity index is 1.93. The molecule has 2 aromatic rings. The van der Waals surface area contributed by atoms with E-state index in [-0.39, 0.29) is 11.9 Å². The number of carbonyl (C=O) groups is 1. The second kappa shape index (κ2) is 6.72. The van der Waals surface area contributed by atoms with Crippen molar-refractivity contribution in [3.8, 4) is 5.69 Å². The predicted octanol–water partition coefficient (Wildman–Crippen LogP) is 2.52. The molecule has 3 rings (SSSR count). The fourth-order valence-electron chi connectivity index (χ4n) is 3.05. The lowest BCUT2D eigenvalue weighted by Gasteiger charge is -2.23. The van der Waals surface area contributed by atoms with Gasteiger partial charge < -0.3 is 10.2 Å². The van der Waals surface area contributed by atoms with Gasteiger partial charge in [-0.2, -0.15) is 5.10 Å². The summed E-state index contributed by atoms with van der Waals surface area (Å²) in [6, 6.07) is 7.76. The molecule has 5 nitrogen and oxygen atoms in total. The molecule has 1 unspecified atom stereocenters. The van der Waals surface area contributed by atoms with Gasteiger partial charge in [-0.25, -0.2) is 4.68 Å². The third-order valence-corrected chi connectivity index (χ3v) is 4.62. The highest BCUT2D eigenvalue weighted by Gasteiger charge is 2.27. The Morgan fingerprint density at radius 2 is 2.35 bits per heavy atom. The van der Waals surface area contributed by atoms with E-state index >= 15 is 0 Å². The van der Waals surface area contributed by atoms with Crippen molar-refractivity contribution in [1.29, 1.82) is 0 Å². The molecule has 0 bridgehead atoms. The van der Waals surface area contributed by atoms with Crippen molar-refractivity contribution in [1.82, 2.24) is 20.0 Å². The quantitative estimate of drug-likeness (QED) is 0.936. The highest BCUT2D eigenvalue weighted by molar-refractivity contribution is 6.30. The maximum absolute atomic E-state index is 12.8. The summed E-state index contributed by atoms with van der Waals surface area (Å²) < 4.78 is 1.81. The largest absolute Gasteiger partial charge is 0.337 e. The number of nitrogens with zero attached hydrogens (tertiary/aromatic N) is 3. The summed E-state index contributed by atoms with van der Waals surface area (Å²) in [6.45, 7) is 3.85. The van der Waals surface area contributed by atoms with Gasteiger partial charge in [-0.1, -0.05) is 24.6 Å². The lowest BCUT2D eigenvalue weighted by Crippen LogP contribution is -2.38. The van der Waals surface area contributed by atoms with Gasteiger partial charge in [0.25, 0.3) is 5.91 Å². The average molecular weight is 333 g/mol. The molecule has 1 atom stereocenters. The van der Waals surface area contributed by atoms with Crippen molar-refractivity contribution in [2.75, 3.05) is 20.1 Å². The van der Waals surface area contributed by atoms with Crippen LogP contribution in [0.1, 0.15) is 29.4 Å². The Kier molecular flexibility index (Phi) is 4.68. The number of amides is 1. The lowest BCUT2D eigenvalue weighted by atomic mass is 10.1. The molecule has 0 spiro atoms. The van der Waals surface area contributed by atoms with Crippen LogP contribution in [0.15, 0.2) is 30.5 Å². The standard InChI is InChI=1S/C17H21ClN4O/c1-3-16-15(17(23)21(2)14-7-8-19-10-14)11-20-22(16)13-6-4-5-12(18)9-13/h4-6,9,11,14,19H,3,7-8,10H2,1-2H3. The van der Waals surface area contributed by atoms with Crippen LogP contribution < -0.4 is 5.32 Å². The maximum Gasteiger partial charge on any atom is 0.257 e. The van der Waals surface area contributed by atoms with Gasteiger partial charge in [0.05, 0.1) is 23.1 Å². The molecule has 1 fully saturated rings. The monoisotopic (exact) mass is 332 g/mol. The van der Waals surface area contributed by atoms with E-state index in [1.807, 2.05) is 43.1 Å². The Labute approximate surface area is 141 Å².